The lowest BCUT2D eigenvalue weighted by molar-refractivity contribution is 0.126. The zero-order chi connectivity index (χ0) is 16.2. The molecule has 7 nitrogen and oxygen atoms in total. The molecule has 3 heterocycles. The molecule has 0 amide bonds. The average molecular weight is 312 g/mol. The van der Waals surface area contributed by atoms with E-state index in [1.54, 1.807) is 23.3 Å². The molecular weight excluding hydrogens is 292 g/mol. The first-order valence-electron chi connectivity index (χ1n) is 7.71. The Morgan fingerprint density at radius 2 is 2.04 bits per heavy atom. The molecule has 0 aromatic carbocycles. The molecule has 0 saturated carbocycles. The molecule has 23 heavy (non-hydrogen) atoms. The number of aliphatic hydroxyl groups excluding tert-OH is 1. The van der Waals surface area contributed by atoms with Crippen molar-refractivity contribution in [2.75, 3.05) is 11.9 Å². The summed E-state index contributed by atoms with van der Waals surface area (Å²) in [5, 5.41) is 18.5. The molecule has 3 aromatic rings. The van der Waals surface area contributed by atoms with Crippen LogP contribution in [0.25, 0.3) is 16.7 Å². The second kappa shape index (κ2) is 6.70. The van der Waals surface area contributed by atoms with Crippen molar-refractivity contribution in [3.8, 4) is 5.69 Å². The van der Waals surface area contributed by atoms with Crippen molar-refractivity contribution in [3.05, 3.63) is 37.1 Å². The van der Waals surface area contributed by atoms with E-state index in [0.717, 1.165) is 17.5 Å². The van der Waals surface area contributed by atoms with Crippen LogP contribution >= 0.6 is 0 Å². The summed E-state index contributed by atoms with van der Waals surface area (Å²) < 4.78 is 1.75. The molecule has 0 aliphatic carbocycles. The lowest BCUT2D eigenvalue weighted by Gasteiger charge is -2.17. The van der Waals surface area contributed by atoms with Gasteiger partial charge in [-0.3, -0.25) is 4.98 Å². The number of hydrogen-bond acceptors (Lipinski definition) is 6. The second-order valence-corrected chi connectivity index (χ2v) is 5.56. The molecule has 2 unspecified atom stereocenters. The highest BCUT2D eigenvalue weighted by Crippen LogP contribution is 2.21. The predicted octanol–water partition coefficient (Wildman–Crippen LogP) is 2.03. The van der Waals surface area contributed by atoms with Crippen molar-refractivity contribution < 1.29 is 5.11 Å². The van der Waals surface area contributed by atoms with Crippen LogP contribution in [0.4, 0.5) is 5.82 Å². The Morgan fingerprint density at radius 3 is 2.78 bits per heavy atom. The van der Waals surface area contributed by atoms with Gasteiger partial charge in [-0.2, -0.15) is 5.10 Å². The number of pyridine rings is 1. The molecular formula is C16H20N6O. The Balaban J connectivity index is 1.87. The van der Waals surface area contributed by atoms with Crippen molar-refractivity contribution in [1.29, 1.82) is 0 Å². The van der Waals surface area contributed by atoms with Crippen molar-refractivity contribution >= 4 is 16.9 Å². The van der Waals surface area contributed by atoms with Gasteiger partial charge in [0.1, 0.15) is 12.1 Å². The van der Waals surface area contributed by atoms with Gasteiger partial charge < -0.3 is 10.4 Å². The van der Waals surface area contributed by atoms with Crippen LogP contribution in [0.3, 0.4) is 0 Å². The van der Waals surface area contributed by atoms with Crippen LogP contribution in [0.1, 0.15) is 20.3 Å². The highest BCUT2D eigenvalue weighted by atomic mass is 16.3. The largest absolute Gasteiger partial charge is 0.391 e. The van der Waals surface area contributed by atoms with Gasteiger partial charge in [-0.25, -0.2) is 14.6 Å². The van der Waals surface area contributed by atoms with Crippen molar-refractivity contribution in [2.45, 2.75) is 26.4 Å². The quantitative estimate of drug-likeness (QED) is 0.724. The van der Waals surface area contributed by atoms with Crippen LogP contribution < -0.4 is 5.32 Å². The third-order valence-corrected chi connectivity index (χ3v) is 4.05. The van der Waals surface area contributed by atoms with Crippen LogP contribution in [0.5, 0.6) is 0 Å². The third-order valence-electron chi connectivity index (χ3n) is 4.05. The first-order chi connectivity index (χ1) is 11.2. The van der Waals surface area contributed by atoms with Gasteiger partial charge in [0.25, 0.3) is 0 Å². The van der Waals surface area contributed by atoms with Crippen LogP contribution in [-0.2, 0) is 0 Å². The topological polar surface area (TPSA) is 88.8 Å². The van der Waals surface area contributed by atoms with E-state index in [-0.39, 0.29) is 5.92 Å². The molecule has 0 aliphatic rings. The van der Waals surface area contributed by atoms with E-state index >= 15 is 0 Å². The van der Waals surface area contributed by atoms with E-state index in [2.05, 4.69) is 32.3 Å². The molecule has 120 valence electrons. The number of anilines is 1. The van der Waals surface area contributed by atoms with Gasteiger partial charge in [-0.1, -0.05) is 20.3 Å². The van der Waals surface area contributed by atoms with Crippen molar-refractivity contribution in [1.82, 2.24) is 24.7 Å². The van der Waals surface area contributed by atoms with Gasteiger partial charge in [-0.15, -0.1) is 0 Å². The first-order valence-corrected chi connectivity index (χ1v) is 7.71. The second-order valence-electron chi connectivity index (χ2n) is 5.56. The minimum Gasteiger partial charge on any atom is -0.391 e. The molecule has 2 atom stereocenters. The third kappa shape index (κ3) is 3.14. The molecule has 3 rings (SSSR count). The van der Waals surface area contributed by atoms with Gasteiger partial charge in [0.05, 0.1) is 23.4 Å². The SMILES string of the molecule is CCC(C)C(O)CNc1ncnc2c1cnn2-c1ccncc1. The molecule has 7 heteroatoms. The maximum Gasteiger partial charge on any atom is 0.168 e. The molecule has 3 aromatic heterocycles. The van der Waals surface area contributed by atoms with Crippen molar-refractivity contribution in [2.24, 2.45) is 5.92 Å². The van der Waals surface area contributed by atoms with E-state index in [4.69, 9.17) is 0 Å². The van der Waals surface area contributed by atoms with Gasteiger partial charge in [0, 0.05) is 18.9 Å². The summed E-state index contributed by atoms with van der Waals surface area (Å²) in [7, 11) is 0. The normalized spacial score (nSPS) is 13.9. The molecule has 0 bridgehead atoms. The first kappa shape index (κ1) is 15.4. The number of aromatic nitrogens is 5. The number of hydrogen-bond donors (Lipinski definition) is 2. The van der Waals surface area contributed by atoms with Crippen LogP contribution in [0, 0.1) is 5.92 Å². The molecule has 2 N–H and O–H groups in total. The Bertz CT molecular complexity index is 773. The fourth-order valence-electron chi connectivity index (χ4n) is 2.33. The maximum absolute atomic E-state index is 10.1. The summed E-state index contributed by atoms with van der Waals surface area (Å²) in [6.07, 6.45) is 7.17. The van der Waals surface area contributed by atoms with Crippen LogP contribution in [0.15, 0.2) is 37.1 Å². The fourth-order valence-corrected chi connectivity index (χ4v) is 2.33. The van der Waals surface area contributed by atoms with Gasteiger partial charge in [0.2, 0.25) is 0 Å². The van der Waals surface area contributed by atoms with Gasteiger partial charge in [0.15, 0.2) is 5.65 Å². The lowest BCUT2D eigenvalue weighted by Crippen LogP contribution is -2.26. The number of fused-ring (bicyclic) bond motifs is 1. The van der Waals surface area contributed by atoms with Crippen LogP contribution in [-0.4, -0.2) is 42.5 Å². The molecule has 0 saturated heterocycles. The summed E-state index contributed by atoms with van der Waals surface area (Å²) >= 11 is 0. The minimum absolute atomic E-state index is 0.236. The van der Waals surface area contributed by atoms with E-state index in [1.165, 1.54) is 6.33 Å². The van der Waals surface area contributed by atoms with E-state index in [9.17, 15) is 5.11 Å². The summed E-state index contributed by atoms with van der Waals surface area (Å²) in [5.41, 5.74) is 1.60. The Hall–Kier alpha value is -2.54. The molecule has 0 fully saturated rings. The number of aliphatic hydroxyl groups is 1. The zero-order valence-electron chi connectivity index (χ0n) is 13.2. The summed E-state index contributed by atoms with van der Waals surface area (Å²) in [5.74, 6) is 0.914. The van der Waals surface area contributed by atoms with E-state index in [1.807, 2.05) is 19.1 Å². The van der Waals surface area contributed by atoms with Gasteiger partial charge in [-0.05, 0) is 18.1 Å². The Morgan fingerprint density at radius 1 is 1.26 bits per heavy atom. The number of nitrogens with zero attached hydrogens (tertiary/aromatic N) is 5. The molecule has 0 radical (unpaired) electrons. The van der Waals surface area contributed by atoms with E-state index < -0.39 is 6.10 Å². The predicted molar refractivity (Wildman–Crippen MR) is 88.4 cm³/mol. The number of nitrogens with one attached hydrogen (secondary N) is 1. The molecule has 0 spiro atoms. The summed E-state index contributed by atoms with van der Waals surface area (Å²) in [6, 6.07) is 3.74. The number of rotatable bonds is 6. The fraction of sp³-hybridized carbons (Fsp3) is 0.375. The summed E-state index contributed by atoms with van der Waals surface area (Å²) in [4.78, 5) is 12.6. The van der Waals surface area contributed by atoms with E-state index in [0.29, 0.717) is 18.0 Å². The average Bonchev–Trinajstić information content (AvgIpc) is 3.04. The molecule has 0 aliphatic heterocycles. The highest BCUT2D eigenvalue weighted by Gasteiger charge is 2.15. The Labute approximate surface area is 134 Å². The minimum atomic E-state index is -0.416. The van der Waals surface area contributed by atoms with Crippen molar-refractivity contribution in [3.63, 3.8) is 0 Å². The van der Waals surface area contributed by atoms with Crippen LogP contribution in [0.2, 0.25) is 0 Å². The maximum atomic E-state index is 10.1. The Kier molecular flexibility index (Phi) is 4.47. The smallest absolute Gasteiger partial charge is 0.168 e. The van der Waals surface area contributed by atoms with Gasteiger partial charge >= 0.3 is 0 Å². The standard InChI is InChI=1S/C16H20N6O/c1-3-11(2)14(23)9-18-15-13-8-21-22(16(13)20-10-19-15)12-4-6-17-7-5-12/h4-8,10-11,14,23H,3,9H2,1-2H3,(H,18,19,20). The monoisotopic (exact) mass is 312 g/mol. The zero-order valence-corrected chi connectivity index (χ0v) is 13.2. The summed E-state index contributed by atoms with van der Waals surface area (Å²) in [6.45, 7) is 4.54. The highest BCUT2D eigenvalue weighted by molar-refractivity contribution is 5.87. The lowest BCUT2D eigenvalue weighted by atomic mass is 10.0.